The van der Waals surface area contributed by atoms with E-state index in [0.717, 1.165) is 0 Å². The van der Waals surface area contributed by atoms with E-state index in [0.29, 0.717) is 5.69 Å². The number of aromatic hydroxyl groups is 1. The van der Waals surface area contributed by atoms with Crippen LogP contribution in [0.25, 0.3) is 0 Å². The van der Waals surface area contributed by atoms with Crippen LogP contribution in [0.15, 0.2) is 12.1 Å². The lowest BCUT2D eigenvalue weighted by molar-refractivity contribution is -0.152. The van der Waals surface area contributed by atoms with Crippen LogP contribution >= 0.6 is 0 Å². The number of pyridine rings is 1. The molecule has 144 valence electrons. The van der Waals surface area contributed by atoms with Crippen molar-refractivity contribution in [2.75, 3.05) is 6.54 Å². The SMILES string of the molecule is CC(=O)OCc1nc(C(CN(C(C)=O)C(C)(C)C)OC(C)=O)ccc1O. The number of hydrogen-bond donors (Lipinski definition) is 1. The molecule has 0 aromatic carbocycles. The van der Waals surface area contributed by atoms with Crippen molar-refractivity contribution >= 4 is 17.8 Å². The van der Waals surface area contributed by atoms with Crippen molar-refractivity contribution in [3.63, 3.8) is 0 Å². The minimum atomic E-state index is -0.827. The number of ether oxygens (including phenoxy) is 2. The van der Waals surface area contributed by atoms with Crippen LogP contribution in [0.5, 0.6) is 5.75 Å². The highest BCUT2D eigenvalue weighted by atomic mass is 16.5. The summed E-state index contributed by atoms with van der Waals surface area (Å²) in [6.45, 7) is 9.45. The van der Waals surface area contributed by atoms with Gasteiger partial charge in [0.15, 0.2) is 6.10 Å². The fourth-order valence-electron chi connectivity index (χ4n) is 2.40. The Kier molecular flexibility index (Phi) is 7.11. The summed E-state index contributed by atoms with van der Waals surface area (Å²) in [5.41, 5.74) is -0.00233. The second-order valence-electron chi connectivity index (χ2n) is 6.88. The number of carbonyl (C=O) groups is 3. The van der Waals surface area contributed by atoms with Crippen LogP contribution in [-0.4, -0.2) is 44.9 Å². The summed E-state index contributed by atoms with van der Waals surface area (Å²) >= 11 is 0. The molecule has 1 aromatic rings. The molecule has 1 unspecified atom stereocenters. The first-order valence-corrected chi connectivity index (χ1v) is 8.19. The molecule has 0 aliphatic heterocycles. The van der Waals surface area contributed by atoms with Gasteiger partial charge in [-0.05, 0) is 32.9 Å². The number of carbonyl (C=O) groups excluding carboxylic acids is 3. The average molecular weight is 366 g/mol. The smallest absolute Gasteiger partial charge is 0.303 e. The van der Waals surface area contributed by atoms with Gasteiger partial charge in [0.1, 0.15) is 18.1 Å². The van der Waals surface area contributed by atoms with Gasteiger partial charge in [-0.2, -0.15) is 0 Å². The minimum absolute atomic E-state index is 0.100. The van der Waals surface area contributed by atoms with Crippen molar-refractivity contribution in [3.8, 4) is 5.75 Å². The quantitative estimate of drug-likeness (QED) is 0.768. The van der Waals surface area contributed by atoms with Gasteiger partial charge in [-0.1, -0.05) is 0 Å². The third-order valence-corrected chi connectivity index (χ3v) is 3.56. The molecule has 26 heavy (non-hydrogen) atoms. The van der Waals surface area contributed by atoms with Gasteiger partial charge in [0.05, 0.1) is 12.2 Å². The van der Waals surface area contributed by atoms with E-state index in [9.17, 15) is 19.5 Å². The average Bonchev–Trinajstić information content (AvgIpc) is 2.48. The van der Waals surface area contributed by atoms with Crippen molar-refractivity contribution in [1.82, 2.24) is 9.88 Å². The van der Waals surface area contributed by atoms with Crippen molar-refractivity contribution in [1.29, 1.82) is 0 Å². The molecule has 1 heterocycles. The van der Waals surface area contributed by atoms with Gasteiger partial charge in [0, 0.05) is 26.3 Å². The maximum atomic E-state index is 12.0. The van der Waals surface area contributed by atoms with Gasteiger partial charge in [-0.15, -0.1) is 0 Å². The van der Waals surface area contributed by atoms with Gasteiger partial charge in [0.2, 0.25) is 5.91 Å². The van der Waals surface area contributed by atoms with Crippen molar-refractivity contribution < 1.29 is 29.0 Å². The third-order valence-electron chi connectivity index (χ3n) is 3.56. The topological polar surface area (TPSA) is 106 Å². The molecule has 8 heteroatoms. The highest BCUT2D eigenvalue weighted by Gasteiger charge is 2.29. The lowest BCUT2D eigenvalue weighted by Gasteiger charge is -2.37. The molecular weight excluding hydrogens is 340 g/mol. The van der Waals surface area contributed by atoms with Crippen molar-refractivity contribution in [2.45, 2.75) is 59.8 Å². The van der Waals surface area contributed by atoms with Crippen LogP contribution in [0.3, 0.4) is 0 Å². The van der Waals surface area contributed by atoms with Crippen molar-refractivity contribution in [2.24, 2.45) is 0 Å². The number of aromatic nitrogens is 1. The van der Waals surface area contributed by atoms with E-state index in [4.69, 9.17) is 9.47 Å². The molecule has 0 aliphatic carbocycles. The van der Waals surface area contributed by atoms with Gasteiger partial charge in [-0.3, -0.25) is 14.4 Å². The standard InChI is InChI=1S/C18H26N2O6/c1-11(21)20(18(4,5)6)9-17(26-13(3)23)14-7-8-16(24)15(19-14)10-25-12(2)22/h7-8,17,24H,9-10H2,1-6H3. The highest BCUT2D eigenvalue weighted by Crippen LogP contribution is 2.25. The maximum absolute atomic E-state index is 12.0. The Balaban J connectivity index is 3.19. The van der Waals surface area contributed by atoms with Crippen LogP contribution in [0.1, 0.15) is 59.0 Å². The second-order valence-corrected chi connectivity index (χ2v) is 6.88. The monoisotopic (exact) mass is 366 g/mol. The van der Waals surface area contributed by atoms with E-state index >= 15 is 0 Å². The van der Waals surface area contributed by atoms with Crippen LogP contribution in [0.2, 0.25) is 0 Å². The zero-order valence-corrected chi connectivity index (χ0v) is 16.0. The molecule has 0 saturated carbocycles. The first kappa shape index (κ1) is 21.4. The van der Waals surface area contributed by atoms with Gasteiger partial charge < -0.3 is 19.5 Å². The summed E-state index contributed by atoms with van der Waals surface area (Å²) in [5.74, 6) is -1.35. The highest BCUT2D eigenvalue weighted by molar-refractivity contribution is 5.74. The Bertz CT molecular complexity index is 681. The fraction of sp³-hybridized carbons (Fsp3) is 0.556. The van der Waals surface area contributed by atoms with E-state index in [1.165, 1.54) is 32.9 Å². The molecule has 0 spiro atoms. The molecule has 1 amide bonds. The normalized spacial score (nSPS) is 12.2. The molecule has 1 rings (SSSR count). The van der Waals surface area contributed by atoms with Gasteiger partial charge in [-0.25, -0.2) is 4.98 Å². The Morgan fingerprint density at radius 1 is 1.15 bits per heavy atom. The molecule has 0 radical (unpaired) electrons. The summed E-state index contributed by atoms with van der Waals surface area (Å²) in [6.07, 6.45) is -0.827. The first-order valence-electron chi connectivity index (χ1n) is 8.19. The number of esters is 2. The first-order chi connectivity index (χ1) is 11.9. The summed E-state index contributed by atoms with van der Waals surface area (Å²) in [7, 11) is 0. The molecular formula is C18H26N2O6. The molecule has 1 atom stereocenters. The van der Waals surface area contributed by atoms with Gasteiger partial charge in [0.25, 0.3) is 0 Å². The lowest BCUT2D eigenvalue weighted by atomic mass is 10.0. The van der Waals surface area contributed by atoms with Crippen LogP contribution in [-0.2, 0) is 30.5 Å². The molecule has 0 fully saturated rings. The number of nitrogens with zero attached hydrogens (tertiary/aromatic N) is 2. The largest absolute Gasteiger partial charge is 0.506 e. The van der Waals surface area contributed by atoms with Crippen LogP contribution in [0, 0.1) is 0 Å². The number of hydrogen-bond acceptors (Lipinski definition) is 7. The molecule has 0 saturated heterocycles. The Labute approximate surface area is 153 Å². The van der Waals surface area contributed by atoms with Gasteiger partial charge >= 0.3 is 11.9 Å². The predicted molar refractivity (Wildman–Crippen MR) is 93.0 cm³/mol. The Morgan fingerprint density at radius 3 is 2.23 bits per heavy atom. The molecule has 0 bridgehead atoms. The summed E-state index contributed by atoms with van der Waals surface area (Å²) in [4.78, 5) is 40.3. The summed E-state index contributed by atoms with van der Waals surface area (Å²) < 4.78 is 10.2. The van der Waals surface area contributed by atoms with E-state index in [2.05, 4.69) is 4.98 Å². The van der Waals surface area contributed by atoms with E-state index in [1.807, 2.05) is 20.8 Å². The fourth-order valence-corrected chi connectivity index (χ4v) is 2.40. The zero-order chi connectivity index (χ0) is 20.1. The maximum Gasteiger partial charge on any atom is 0.303 e. The van der Waals surface area contributed by atoms with Crippen molar-refractivity contribution in [3.05, 3.63) is 23.5 Å². The molecule has 1 aromatic heterocycles. The van der Waals surface area contributed by atoms with E-state index in [-0.39, 0.29) is 30.5 Å². The van der Waals surface area contributed by atoms with E-state index < -0.39 is 23.6 Å². The second kappa shape index (κ2) is 8.64. The lowest BCUT2D eigenvalue weighted by Crippen LogP contribution is -2.47. The van der Waals surface area contributed by atoms with Crippen LogP contribution in [0.4, 0.5) is 0 Å². The molecule has 8 nitrogen and oxygen atoms in total. The van der Waals surface area contributed by atoms with E-state index in [1.54, 1.807) is 4.90 Å². The van der Waals surface area contributed by atoms with Crippen LogP contribution < -0.4 is 0 Å². The molecule has 1 N–H and O–H groups in total. The zero-order valence-electron chi connectivity index (χ0n) is 16.0. The minimum Gasteiger partial charge on any atom is -0.506 e. The summed E-state index contributed by atoms with van der Waals surface area (Å²) in [5, 5.41) is 9.88. The summed E-state index contributed by atoms with van der Waals surface area (Å²) in [6, 6.07) is 2.88. The number of amides is 1. The predicted octanol–water partition coefficient (Wildman–Crippen LogP) is 2.10. The number of rotatable bonds is 6. The Morgan fingerprint density at radius 2 is 1.77 bits per heavy atom. The Hall–Kier alpha value is -2.64. The molecule has 0 aliphatic rings. The third kappa shape index (κ3) is 6.34.